The molecule has 1 N–H and O–H groups in total. The van der Waals surface area contributed by atoms with Crippen LogP contribution in [0, 0.1) is 12.3 Å². The van der Waals surface area contributed by atoms with E-state index in [1.807, 2.05) is 42.5 Å². The molecular weight excluding hydrogens is 228 g/mol. The number of aliphatic hydroxyl groups excluding tert-OH is 1. The van der Waals surface area contributed by atoms with Gasteiger partial charge in [-0.1, -0.05) is 5.92 Å². The molecule has 0 amide bonds. The molecule has 0 heterocycles. The van der Waals surface area contributed by atoms with Crippen LogP contribution in [0.5, 0.6) is 0 Å². The monoisotopic (exact) mass is 240 g/mol. The van der Waals surface area contributed by atoms with Gasteiger partial charge in [-0.3, -0.25) is 0 Å². The Morgan fingerprint density at radius 1 is 1.13 bits per heavy atom. The van der Waals surface area contributed by atoms with E-state index in [2.05, 4.69) is 5.92 Å². The van der Waals surface area contributed by atoms with E-state index in [1.165, 1.54) is 0 Å². The Morgan fingerprint density at radius 2 is 1.67 bits per heavy atom. The first-order valence-corrected chi connectivity index (χ1v) is 4.37. The van der Waals surface area contributed by atoms with Gasteiger partial charge in [-0.05, 0) is 0 Å². The summed E-state index contributed by atoms with van der Waals surface area (Å²) in [5.74, 6) is 2.22. The molecule has 0 saturated heterocycles. The first kappa shape index (κ1) is 13.7. The summed E-state index contributed by atoms with van der Waals surface area (Å²) in [6.07, 6.45) is 4.23. The van der Waals surface area contributed by atoms with E-state index in [9.17, 15) is 0 Å². The molecule has 0 aliphatic heterocycles. The molecule has 2 heteroatoms. The van der Waals surface area contributed by atoms with E-state index in [1.54, 1.807) is 12.1 Å². The van der Waals surface area contributed by atoms with Crippen LogP contribution < -0.4 is 0 Å². The summed E-state index contributed by atoms with van der Waals surface area (Å²) in [6.45, 7) is 0. The maximum absolute atomic E-state index is 8.98. The van der Waals surface area contributed by atoms with Gasteiger partial charge in [0.15, 0.2) is 0 Å². The number of terminal acetylenes is 1. The van der Waals surface area contributed by atoms with Crippen LogP contribution in [-0.2, 0) is 17.1 Å². The minimum absolute atomic E-state index is 0. The third kappa shape index (κ3) is 5.24. The second-order valence-electron chi connectivity index (χ2n) is 2.75. The van der Waals surface area contributed by atoms with E-state index < -0.39 is 6.10 Å². The van der Waals surface area contributed by atoms with Gasteiger partial charge in [-0.15, -0.1) is 12.0 Å². The molecule has 2 aromatic carbocycles. The molecule has 0 bridgehead atoms. The van der Waals surface area contributed by atoms with Crippen LogP contribution in [0.3, 0.4) is 0 Å². The molecule has 0 aromatic heterocycles. The minimum atomic E-state index is -0.736. The Kier molecular flexibility index (Phi) is 7.40. The first-order chi connectivity index (χ1) is 6.84. The Labute approximate surface area is 101 Å². The first-order valence-electron chi connectivity index (χ1n) is 4.37. The van der Waals surface area contributed by atoms with Crippen molar-refractivity contribution in [3.63, 3.8) is 0 Å². The largest absolute Gasteiger partial charge is 0.388 e. The van der Waals surface area contributed by atoms with Gasteiger partial charge in [0, 0.05) is 17.1 Å². The van der Waals surface area contributed by atoms with Crippen molar-refractivity contribution in [2.75, 3.05) is 0 Å². The summed E-state index contributed by atoms with van der Waals surface area (Å²) in [6, 6.07) is 17.3. The predicted octanol–water partition coefficient (Wildman–Crippen LogP) is 2.48. The van der Waals surface area contributed by atoms with Crippen molar-refractivity contribution in [3.05, 3.63) is 60.2 Å². The van der Waals surface area contributed by atoms with Crippen molar-refractivity contribution < 1.29 is 22.2 Å². The number of hydrogen-bond donors (Lipinski definition) is 1. The average molecular weight is 240 g/mol. The van der Waals surface area contributed by atoms with E-state index >= 15 is 0 Å². The Hall–Kier alpha value is -1.26. The molecule has 0 radical (unpaired) electrons. The van der Waals surface area contributed by atoms with E-state index in [0.29, 0.717) is 0 Å². The fourth-order valence-electron chi connectivity index (χ4n) is 0.988. The molecule has 0 aliphatic carbocycles. The molecule has 1 nitrogen and oxygen atoms in total. The number of rotatable bonds is 1. The van der Waals surface area contributed by atoms with Crippen molar-refractivity contribution in [3.8, 4) is 12.3 Å². The zero-order valence-corrected chi connectivity index (χ0v) is 9.26. The van der Waals surface area contributed by atoms with Crippen LogP contribution in [0.4, 0.5) is 0 Å². The molecule has 1 unspecified atom stereocenters. The predicted molar refractivity (Wildman–Crippen MR) is 57.9 cm³/mol. The Balaban J connectivity index is 0.000000280. The van der Waals surface area contributed by atoms with Crippen molar-refractivity contribution in [1.29, 1.82) is 0 Å². The summed E-state index contributed by atoms with van der Waals surface area (Å²) in [5.41, 5.74) is 0.789. The summed E-state index contributed by atoms with van der Waals surface area (Å²) in [5, 5.41) is 8.98. The summed E-state index contributed by atoms with van der Waals surface area (Å²) < 4.78 is 0. The minimum Gasteiger partial charge on any atom is -0.388 e. The topological polar surface area (TPSA) is 20.2 Å². The van der Waals surface area contributed by atoms with Gasteiger partial charge in [-0.25, -0.2) is 24.3 Å². The van der Waals surface area contributed by atoms with Gasteiger partial charge in [0.25, 0.3) is 0 Å². The van der Waals surface area contributed by atoms with Crippen molar-refractivity contribution >= 4 is 0 Å². The second-order valence-corrected chi connectivity index (χ2v) is 2.75. The van der Waals surface area contributed by atoms with E-state index in [4.69, 9.17) is 11.5 Å². The maximum atomic E-state index is 8.98. The molecule has 2 rings (SSSR count). The third-order valence-electron chi connectivity index (χ3n) is 1.72. The van der Waals surface area contributed by atoms with Crippen LogP contribution in [0.2, 0.25) is 0 Å². The molecule has 1 atom stereocenters. The van der Waals surface area contributed by atoms with Gasteiger partial charge in [-0.2, -0.15) is 30.3 Å². The molecule has 0 aliphatic rings. The van der Waals surface area contributed by atoms with Gasteiger partial charge in [0.05, 0.1) is 6.10 Å². The van der Waals surface area contributed by atoms with Crippen molar-refractivity contribution in [1.82, 2.24) is 0 Å². The third-order valence-corrected chi connectivity index (χ3v) is 1.72. The normalized spacial score (nSPS) is 10.1. The standard InChI is InChI=1S/C8H7O.C5H5.Fe/c1-2-8(9)7-5-3-4-6-7;1-2-4-5-3-1;/h1,3-6,8-9H;1-5H;/q2*-1;. The van der Waals surface area contributed by atoms with Crippen molar-refractivity contribution in [2.45, 2.75) is 6.10 Å². The molecule has 0 saturated carbocycles. The summed E-state index contributed by atoms with van der Waals surface area (Å²) in [4.78, 5) is 0. The quantitative estimate of drug-likeness (QED) is 0.461. The smallest absolute Gasteiger partial charge is 0.0958 e. The Morgan fingerprint density at radius 3 is 2.00 bits per heavy atom. The van der Waals surface area contributed by atoms with Gasteiger partial charge >= 0.3 is 0 Å². The zero-order chi connectivity index (χ0) is 10.2. The maximum Gasteiger partial charge on any atom is 0.0958 e. The van der Waals surface area contributed by atoms with E-state index in [0.717, 1.165) is 5.56 Å². The van der Waals surface area contributed by atoms with E-state index in [-0.39, 0.29) is 17.1 Å². The van der Waals surface area contributed by atoms with Crippen LogP contribution in [0.15, 0.2) is 54.6 Å². The molecule has 0 fully saturated rings. The summed E-state index contributed by atoms with van der Waals surface area (Å²) in [7, 11) is 0. The summed E-state index contributed by atoms with van der Waals surface area (Å²) >= 11 is 0. The molecule has 2 aromatic rings. The molecule has 80 valence electrons. The zero-order valence-electron chi connectivity index (χ0n) is 8.15. The fraction of sp³-hybridized carbons (Fsp3) is 0.0769. The SMILES string of the molecule is C#CC(O)[c-]1cccc1.[Fe].c1cc[cH-]c1. The van der Waals surface area contributed by atoms with Crippen LogP contribution in [-0.4, -0.2) is 5.11 Å². The number of aliphatic hydroxyl groups is 1. The van der Waals surface area contributed by atoms with Gasteiger partial charge in [0.1, 0.15) is 0 Å². The Bertz CT molecular complexity index is 336. The van der Waals surface area contributed by atoms with Crippen LogP contribution >= 0.6 is 0 Å². The fourth-order valence-corrected chi connectivity index (χ4v) is 0.988. The average Bonchev–Trinajstić information content (AvgIpc) is 2.91. The second kappa shape index (κ2) is 8.08. The molecular formula is C13H12FeO-2. The van der Waals surface area contributed by atoms with Crippen LogP contribution in [0.25, 0.3) is 0 Å². The van der Waals surface area contributed by atoms with Gasteiger partial charge in [0.2, 0.25) is 0 Å². The van der Waals surface area contributed by atoms with Crippen molar-refractivity contribution in [2.24, 2.45) is 0 Å². The van der Waals surface area contributed by atoms with Crippen LogP contribution in [0.1, 0.15) is 11.7 Å². The van der Waals surface area contributed by atoms with Gasteiger partial charge < -0.3 is 5.11 Å². The molecule has 0 spiro atoms. The number of hydrogen-bond acceptors (Lipinski definition) is 1. The molecule has 15 heavy (non-hydrogen) atoms.